The summed E-state index contributed by atoms with van der Waals surface area (Å²) in [5, 5.41) is 12.3. The summed E-state index contributed by atoms with van der Waals surface area (Å²) in [6, 6.07) is 7.16. The Balaban J connectivity index is 1.68. The Kier molecular flexibility index (Phi) is 4.03. The SMILES string of the molecule is N#Cc1ccc(CC(=O)C2CC3CCCC(C2)N3)c(F)c1. The molecular formula is C17H19FN2O. The molecule has 110 valence electrons. The number of carbonyl (C=O) groups excluding carboxylic acids is 1. The third-order valence-electron chi connectivity index (χ3n) is 4.72. The molecule has 0 spiro atoms. The van der Waals surface area contributed by atoms with E-state index < -0.39 is 5.82 Å². The van der Waals surface area contributed by atoms with Gasteiger partial charge in [0.05, 0.1) is 11.6 Å². The van der Waals surface area contributed by atoms with Crippen molar-refractivity contribution in [2.24, 2.45) is 5.92 Å². The molecular weight excluding hydrogens is 267 g/mol. The molecule has 2 fully saturated rings. The Morgan fingerprint density at radius 2 is 2.05 bits per heavy atom. The van der Waals surface area contributed by atoms with Gasteiger partial charge >= 0.3 is 0 Å². The normalized spacial score (nSPS) is 27.9. The Morgan fingerprint density at radius 1 is 1.33 bits per heavy atom. The van der Waals surface area contributed by atoms with Crippen molar-refractivity contribution >= 4 is 5.78 Å². The van der Waals surface area contributed by atoms with Crippen LogP contribution in [0.1, 0.15) is 43.2 Å². The highest BCUT2D eigenvalue weighted by molar-refractivity contribution is 5.83. The maximum Gasteiger partial charge on any atom is 0.140 e. The van der Waals surface area contributed by atoms with E-state index >= 15 is 0 Å². The van der Waals surface area contributed by atoms with Crippen LogP contribution in [0.4, 0.5) is 4.39 Å². The lowest BCUT2D eigenvalue weighted by atomic mass is 9.77. The van der Waals surface area contributed by atoms with E-state index in [9.17, 15) is 9.18 Å². The van der Waals surface area contributed by atoms with Crippen LogP contribution in [0.2, 0.25) is 0 Å². The number of halogens is 1. The fraction of sp³-hybridized carbons (Fsp3) is 0.529. The topological polar surface area (TPSA) is 52.9 Å². The fourth-order valence-electron chi connectivity index (χ4n) is 3.62. The largest absolute Gasteiger partial charge is 0.311 e. The average Bonchev–Trinajstić information content (AvgIpc) is 2.48. The summed E-state index contributed by atoms with van der Waals surface area (Å²) in [5.41, 5.74) is 0.697. The van der Waals surface area contributed by atoms with Crippen LogP contribution >= 0.6 is 0 Å². The van der Waals surface area contributed by atoms with Crippen LogP contribution in [0.15, 0.2) is 18.2 Å². The number of benzene rings is 1. The van der Waals surface area contributed by atoms with E-state index in [4.69, 9.17) is 5.26 Å². The Hall–Kier alpha value is -1.73. The third kappa shape index (κ3) is 3.14. The standard InChI is InChI=1S/C17H19FN2O/c18-16-6-11(10-19)4-5-12(16)9-17(21)13-7-14-2-1-3-15(8-13)20-14/h4-6,13-15,20H,1-3,7-9H2. The molecule has 0 aromatic heterocycles. The van der Waals surface area contributed by atoms with Crippen molar-refractivity contribution in [3.05, 3.63) is 35.1 Å². The molecule has 0 saturated carbocycles. The van der Waals surface area contributed by atoms with Crippen LogP contribution in [0, 0.1) is 23.1 Å². The van der Waals surface area contributed by atoms with E-state index in [0.717, 1.165) is 25.7 Å². The first-order chi connectivity index (χ1) is 10.2. The predicted octanol–water partition coefficient (Wildman–Crippen LogP) is 2.73. The van der Waals surface area contributed by atoms with Crippen LogP contribution in [0.3, 0.4) is 0 Å². The van der Waals surface area contributed by atoms with E-state index in [-0.39, 0.29) is 18.1 Å². The number of rotatable bonds is 3. The average molecular weight is 286 g/mol. The smallest absolute Gasteiger partial charge is 0.140 e. The number of fused-ring (bicyclic) bond motifs is 2. The Morgan fingerprint density at radius 3 is 2.67 bits per heavy atom. The summed E-state index contributed by atoms with van der Waals surface area (Å²) >= 11 is 0. The number of Topliss-reactive ketones (excluding diaryl/α,β-unsaturated/α-hetero) is 1. The highest BCUT2D eigenvalue weighted by Gasteiger charge is 2.34. The highest BCUT2D eigenvalue weighted by Crippen LogP contribution is 2.31. The van der Waals surface area contributed by atoms with E-state index in [1.807, 2.05) is 6.07 Å². The van der Waals surface area contributed by atoms with Crippen LogP contribution in [0.25, 0.3) is 0 Å². The van der Waals surface area contributed by atoms with Gasteiger partial charge in [-0.05, 0) is 43.4 Å². The number of hydrogen-bond acceptors (Lipinski definition) is 3. The highest BCUT2D eigenvalue weighted by atomic mass is 19.1. The van der Waals surface area contributed by atoms with Gasteiger partial charge in [-0.3, -0.25) is 4.79 Å². The zero-order valence-electron chi connectivity index (χ0n) is 11.9. The molecule has 2 atom stereocenters. The van der Waals surface area contributed by atoms with Crippen molar-refractivity contribution in [2.45, 2.75) is 50.6 Å². The van der Waals surface area contributed by atoms with E-state index in [1.165, 1.54) is 12.5 Å². The first-order valence-electron chi connectivity index (χ1n) is 7.63. The molecule has 21 heavy (non-hydrogen) atoms. The zero-order chi connectivity index (χ0) is 14.8. The Bertz CT molecular complexity index is 581. The van der Waals surface area contributed by atoms with Gasteiger partial charge < -0.3 is 5.32 Å². The van der Waals surface area contributed by atoms with E-state index in [1.54, 1.807) is 12.1 Å². The summed E-state index contributed by atoms with van der Waals surface area (Å²) < 4.78 is 13.9. The van der Waals surface area contributed by atoms with Crippen molar-refractivity contribution in [1.29, 1.82) is 5.26 Å². The second kappa shape index (κ2) is 5.95. The van der Waals surface area contributed by atoms with Crippen LogP contribution in [-0.2, 0) is 11.2 Å². The number of nitrogens with zero attached hydrogens (tertiary/aromatic N) is 1. The van der Waals surface area contributed by atoms with Gasteiger partial charge in [-0.2, -0.15) is 5.26 Å². The van der Waals surface area contributed by atoms with Gasteiger partial charge in [-0.1, -0.05) is 12.5 Å². The first-order valence-corrected chi connectivity index (χ1v) is 7.63. The number of piperidine rings is 2. The second-order valence-corrected chi connectivity index (χ2v) is 6.22. The molecule has 2 bridgehead atoms. The first kappa shape index (κ1) is 14.2. The second-order valence-electron chi connectivity index (χ2n) is 6.22. The van der Waals surface area contributed by atoms with Crippen molar-refractivity contribution in [3.8, 4) is 6.07 Å². The third-order valence-corrected chi connectivity index (χ3v) is 4.72. The molecule has 2 aliphatic heterocycles. The van der Waals surface area contributed by atoms with Crippen LogP contribution < -0.4 is 5.32 Å². The van der Waals surface area contributed by atoms with Crippen molar-refractivity contribution in [2.75, 3.05) is 0 Å². The summed E-state index contributed by atoms with van der Waals surface area (Å²) in [4.78, 5) is 12.4. The zero-order valence-corrected chi connectivity index (χ0v) is 11.9. The van der Waals surface area contributed by atoms with E-state index in [0.29, 0.717) is 23.2 Å². The molecule has 2 saturated heterocycles. The molecule has 2 aliphatic rings. The number of carbonyl (C=O) groups is 1. The van der Waals surface area contributed by atoms with Crippen molar-refractivity contribution < 1.29 is 9.18 Å². The van der Waals surface area contributed by atoms with Gasteiger partial charge in [-0.25, -0.2) is 4.39 Å². The van der Waals surface area contributed by atoms with Crippen LogP contribution in [-0.4, -0.2) is 17.9 Å². The van der Waals surface area contributed by atoms with E-state index in [2.05, 4.69) is 5.32 Å². The maximum absolute atomic E-state index is 13.9. The van der Waals surface area contributed by atoms with Gasteiger partial charge in [0.1, 0.15) is 11.6 Å². The minimum atomic E-state index is -0.448. The molecule has 2 heterocycles. The Labute approximate surface area is 124 Å². The summed E-state index contributed by atoms with van der Waals surface area (Å²) in [7, 11) is 0. The molecule has 0 radical (unpaired) electrons. The van der Waals surface area contributed by atoms with Gasteiger partial charge in [0.15, 0.2) is 0 Å². The summed E-state index contributed by atoms with van der Waals surface area (Å²) in [6.07, 6.45) is 5.44. The maximum atomic E-state index is 13.9. The molecule has 1 aromatic carbocycles. The molecule has 2 unspecified atom stereocenters. The number of nitrogens with one attached hydrogen (secondary N) is 1. The lowest BCUT2D eigenvalue weighted by Crippen LogP contribution is -2.50. The number of hydrogen-bond donors (Lipinski definition) is 1. The minimum absolute atomic E-state index is 0.0524. The van der Waals surface area contributed by atoms with Gasteiger partial charge in [-0.15, -0.1) is 0 Å². The molecule has 0 aliphatic carbocycles. The predicted molar refractivity (Wildman–Crippen MR) is 77.1 cm³/mol. The van der Waals surface area contributed by atoms with Crippen molar-refractivity contribution in [3.63, 3.8) is 0 Å². The van der Waals surface area contributed by atoms with Crippen molar-refractivity contribution in [1.82, 2.24) is 5.32 Å². The fourth-order valence-corrected chi connectivity index (χ4v) is 3.62. The molecule has 3 rings (SSSR count). The van der Waals surface area contributed by atoms with Gasteiger partial charge in [0, 0.05) is 24.4 Å². The molecule has 1 N–H and O–H groups in total. The van der Waals surface area contributed by atoms with Crippen LogP contribution in [0.5, 0.6) is 0 Å². The molecule has 4 heteroatoms. The van der Waals surface area contributed by atoms with Gasteiger partial charge in [0.25, 0.3) is 0 Å². The number of nitriles is 1. The quantitative estimate of drug-likeness (QED) is 0.929. The molecule has 3 nitrogen and oxygen atoms in total. The monoisotopic (exact) mass is 286 g/mol. The summed E-state index contributed by atoms with van der Waals surface area (Å²) in [6.45, 7) is 0. The summed E-state index contributed by atoms with van der Waals surface area (Å²) in [5.74, 6) is -0.259. The minimum Gasteiger partial charge on any atom is -0.311 e. The lowest BCUT2D eigenvalue weighted by molar-refractivity contribution is -0.124. The molecule has 1 aromatic rings. The molecule has 0 amide bonds. The van der Waals surface area contributed by atoms with Gasteiger partial charge in [0.2, 0.25) is 0 Å². The number of ketones is 1. The lowest BCUT2D eigenvalue weighted by Gasteiger charge is -2.39.